The van der Waals surface area contributed by atoms with E-state index in [0.29, 0.717) is 4.47 Å². The average Bonchev–Trinajstić information content (AvgIpc) is 2.08. The molecular formula is C9H9BrFN. The van der Waals surface area contributed by atoms with Gasteiger partial charge in [-0.1, -0.05) is 12.1 Å². The normalized spacial score (nSPS) is 12.6. The molecule has 0 amide bonds. The molecule has 0 aromatic heterocycles. The third-order valence-corrected chi connectivity index (χ3v) is 2.19. The Balaban J connectivity index is 3.04. The monoisotopic (exact) mass is 229 g/mol. The van der Waals surface area contributed by atoms with Gasteiger partial charge in [0.05, 0.1) is 4.47 Å². The van der Waals surface area contributed by atoms with Crippen molar-refractivity contribution < 1.29 is 4.39 Å². The highest BCUT2D eigenvalue weighted by molar-refractivity contribution is 9.10. The lowest BCUT2D eigenvalue weighted by Gasteiger charge is -2.06. The Kier molecular flexibility index (Phi) is 3.00. The minimum absolute atomic E-state index is 0.234. The standard InChI is InChI=1S/C9H9BrFN/c1-2-9(12)6-3-4-8(11)7(10)5-6/h2-5,9H,1,12H2/t9-/m0/s1. The lowest BCUT2D eigenvalue weighted by Crippen LogP contribution is -2.06. The molecule has 2 N–H and O–H groups in total. The van der Waals surface area contributed by atoms with Gasteiger partial charge in [-0.25, -0.2) is 4.39 Å². The van der Waals surface area contributed by atoms with Crippen molar-refractivity contribution >= 4 is 15.9 Å². The zero-order valence-corrected chi connectivity index (χ0v) is 8.01. The zero-order chi connectivity index (χ0) is 9.14. The summed E-state index contributed by atoms with van der Waals surface area (Å²) in [6.07, 6.45) is 1.61. The Labute approximate surface area is 79.2 Å². The van der Waals surface area contributed by atoms with Gasteiger partial charge in [0, 0.05) is 6.04 Å². The molecule has 0 aliphatic carbocycles. The molecule has 1 atom stereocenters. The molecule has 0 unspecified atom stereocenters. The van der Waals surface area contributed by atoms with Crippen LogP contribution in [0.4, 0.5) is 4.39 Å². The first kappa shape index (κ1) is 9.42. The van der Waals surface area contributed by atoms with E-state index < -0.39 is 0 Å². The van der Waals surface area contributed by atoms with Crippen LogP contribution in [-0.4, -0.2) is 0 Å². The molecule has 0 radical (unpaired) electrons. The Hall–Kier alpha value is -0.670. The maximum absolute atomic E-state index is 12.8. The maximum Gasteiger partial charge on any atom is 0.137 e. The zero-order valence-electron chi connectivity index (χ0n) is 6.43. The number of rotatable bonds is 2. The number of nitrogens with two attached hydrogens (primary N) is 1. The third-order valence-electron chi connectivity index (χ3n) is 1.58. The van der Waals surface area contributed by atoms with Crippen LogP contribution in [0.5, 0.6) is 0 Å². The highest BCUT2D eigenvalue weighted by atomic mass is 79.9. The van der Waals surface area contributed by atoms with Gasteiger partial charge in [0.2, 0.25) is 0 Å². The van der Waals surface area contributed by atoms with Crippen molar-refractivity contribution in [1.82, 2.24) is 0 Å². The fraction of sp³-hybridized carbons (Fsp3) is 0.111. The van der Waals surface area contributed by atoms with Gasteiger partial charge in [-0.3, -0.25) is 0 Å². The number of benzene rings is 1. The first-order valence-electron chi connectivity index (χ1n) is 3.48. The van der Waals surface area contributed by atoms with E-state index in [9.17, 15) is 4.39 Å². The van der Waals surface area contributed by atoms with Gasteiger partial charge >= 0.3 is 0 Å². The molecule has 0 heterocycles. The quantitative estimate of drug-likeness (QED) is 0.776. The van der Waals surface area contributed by atoms with Crippen molar-refractivity contribution in [2.75, 3.05) is 0 Å². The average molecular weight is 230 g/mol. The highest BCUT2D eigenvalue weighted by Gasteiger charge is 2.04. The van der Waals surface area contributed by atoms with Crippen LogP contribution in [0.15, 0.2) is 35.3 Å². The van der Waals surface area contributed by atoms with E-state index in [-0.39, 0.29) is 11.9 Å². The minimum Gasteiger partial charge on any atom is -0.321 e. The number of hydrogen-bond donors (Lipinski definition) is 1. The Bertz CT molecular complexity index is 299. The van der Waals surface area contributed by atoms with Crippen molar-refractivity contribution in [2.24, 2.45) is 5.73 Å². The molecule has 0 saturated heterocycles. The van der Waals surface area contributed by atoms with E-state index in [1.807, 2.05) is 0 Å². The third kappa shape index (κ3) is 1.93. The smallest absolute Gasteiger partial charge is 0.137 e. The predicted octanol–water partition coefficient (Wildman–Crippen LogP) is 2.77. The summed E-state index contributed by atoms with van der Waals surface area (Å²) in [6, 6.07) is 4.44. The molecule has 0 aliphatic heterocycles. The van der Waals surface area contributed by atoms with Crippen molar-refractivity contribution in [1.29, 1.82) is 0 Å². The summed E-state index contributed by atoms with van der Waals surface area (Å²) in [5.74, 6) is -0.282. The molecule has 0 saturated carbocycles. The Morgan fingerprint density at radius 1 is 1.58 bits per heavy atom. The second kappa shape index (κ2) is 3.83. The Morgan fingerprint density at radius 3 is 2.75 bits per heavy atom. The van der Waals surface area contributed by atoms with E-state index in [0.717, 1.165) is 5.56 Å². The summed E-state index contributed by atoms with van der Waals surface area (Å²) >= 11 is 3.08. The van der Waals surface area contributed by atoms with E-state index in [4.69, 9.17) is 5.73 Å². The lowest BCUT2D eigenvalue weighted by molar-refractivity contribution is 0.619. The van der Waals surface area contributed by atoms with Gasteiger partial charge in [0.15, 0.2) is 0 Å². The van der Waals surface area contributed by atoms with Crippen molar-refractivity contribution in [2.45, 2.75) is 6.04 Å². The first-order valence-corrected chi connectivity index (χ1v) is 4.27. The van der Waals surface area contributed by atoms with Gasteiger partial charge in [-0.2, -0.15) is 0 Å². The highest BCUT2D eigenvalue weighted by Crippen LogP contribution is 2.20. The molecule has 1 aromatic carbocycles. The van der Waals surface area contributed by atoms with Crippen molar-refractivity contribution in [3.8, 4) is 0 Å². The molecule has 0 aliphatic rings. The van der Waals surface area contributed by atoms with Crippen LogP contribution in [-0.2, 0) is 0 Å². The Morgan fingerprint density at radius 2 is 2.25 bits per heavy atom. The van der Waals surface area contributed by atoms with Crippen LogP contribution in [0.25, 0.3) is 0 Å². The molecule has 1 rings (SSSR count). The lowest BCUT2D eigenvalue weighted by atomic mass is 10.1. The van der Waals surface area contributed by atoms with Crippen LogP contribution < -0.4 is 5.73 Å². The van der Waals surface area contributed by atoms with E-state index in [1.54, 1.807) is 18.2 Å². The minimum atomic E-state index is -0.282. The van der Waals surface area contributed by atoms with Gasteiger partial charge in [-0.05, 0) is 33.6 Å². The fourth-order valence-corrected chi connectivity index (χ4v) is 1.25. The van der Waals surface area contributed by atoms with E-state index >= 15 is 0 Å². The molecule has 3 heteroatoms. The van der Waals surface area contributed by atoms with Crippen LogP contribution >= 0.6 is 15.9 Å². The van der Waals surface area contributed by atoms with Crippen LogP contribution in [0, 0.1) is 5.82 Å². The molecule has 64 valence electrons. The topological polar surface area (TPSA) is 26.0 Å². The summed E-state index contributed by atoms with van der Waals surface area (Å²) < 4.78 is 13.2. The van der Waals surface area contributed by atoms with Gasteiger partial charge in [-0.15, -0.1) is 6.58 Å². The largest absolute Gasteiger partial charge is 0.321 e. The van der Waals surface area contributed by atoms with E-state index in [1.165, 1.54) is 6.07 Å². The first-order chi connectivity index (χ1) is 5.65. The molecule has 0 spiro atoms. The summed E-state index contributed by atoms with van der Waals surface area (Å²) in [4.78, 5) is 0. The SMILES string of the molecule is C=C[C@H](N)c1ccc(F)c(Br)c1. The fourth-order valence-electron chi connectivity index (χ4n) is 0.856. The second-order valence-corrected chi connectivity index (χ2v) is 3.29. The summed E-state index contributed by atoms with van der Waals surface area (Å²) in [6.45, 7) is 3.56. The maximum atomic E-state index is 12.8. The number of hydrogen-bond acceptors (Lipinski definition) is 1. The van der Waals surface area contributed by atoms with Crippen molar-refractivity contribution in [3.05, 3.63) is 46.7 Å². The van der Waals surface area contributed by atoms with Crippen LogP contribution in [0.3, 0.4) is 0 Å². The summed E-state index contributed by atoms with van der Waals surface area (Å²) in [5, 5.41) is 0. The van der Waals surface area contributed by atoms with Crippen molar-refractivity contribution in [3.63, 3.8) is 0 Å². The number of halogens is 2. The van der Waals surface area contributed by atoms with E-state index in [2.05, 4.69) is 22.5 Å². The molecule has 0 fully saturated rings. The molecule has 0 bridgehead atoms. The van der Waals surface area contributed by atoms with Gasteiger partial charge in [0.1, 0.15) is 5.82 Å². The summed E-state index contributed by atoms with van der Waals surface area (Å²) in [5.41, 5.74) is 6.50. The predicted molar refractivity (Wildman–Crippen MR) is 51.2 cm³/mol. The van der Waals surface area contributed by atoms with Gasteiger partial charge < -0.3 is 5.73 Å². The molecular weight excluding hydrogens is 221 g/mol. The molecule has 12 heavy (non-hydrogen) atoms. The summed E-state index contributed by atoms with van der Waals surface area (Å²) in [7, 11) is 0. The van der Waals surface area contributed by atoms with Crippen LogP contribution in [0.2, 0.25) is 0 Å². The molecule has 1 aromatic rings. The second-order valence-electron chi connectivity index (χ2n) is 2.44. The van der Waals surface area contributed by atoms with Gasteiger partial charge in [0.25, 0.3) is 0 Å². The van der Waals surface area contributed by atoms with Crippen LogP contribution in [0.1, 0.15) is 11.6 Å². The molecule has 1 nitrogen and oxygen atoms in total.